The second kappa shape index (κ2) is 5.71. The van der Waals surface area contributed by atoms with Crippen molar-refractivity contribution < 1.29 is 4.39 Å². The van der Waals surface area contributed by atoms with Gasteiger partial charge in [-0.15, -0.1) is 0 Å². The third-order valence-corrected chi connectivity index (χ3v) is 3.65. The zero-order valence-electron chi connectivity index (χ0n) is 12.2. The molecule has 0 saturated carbocycles. The highest BCUT2D eigenvalue weighted by atomic mass is 19.1. The molecule has 2 N–H and O–H groups in total. The van der Waals surface area contributed by atoms with E-state index in [1.165, 1.54) is 12.4 Å². The van der Waals surface area contributed by atoms with E-state index in [4.69, 9.17) is 5.73 Å². The van der Waals surface area contributed by atoms with Gasteiger partial charge in [0.1, 0.15) is 18.0 Å². The Labute approximate surface area is 118 Å². The lowest BCUT2D eigenvalue weighted by Gasteiger charge is -2.29. The number of nitrogens with zero attached hydrogens (tertiary/aromatic N) is 3. The highest BCUT2D eigenvalue weighted by Gasteiger charge is 2.30. The topological polar surface area (TPSA) is 56.7 Å². The van der Waals surface area contributed by atoms with Gasteiger partial charge in [-0.25, -0.2) is 14.1 Å². The first-order chi connectivity index (χ1) is 9.48. The zero-order chi connectivity index (χ0) is 14.8. The second-order valence-electron chi connectivity index (χ2n) is 5.38. The van der Waals surface area contributed by atoms with E-state index in [1.807, 2.05) is 31.5 Å². The van der Waals surface area contributed by atoms with E-state index >= 15 is 0 Å². The lowest BCUT2D eigenvalue weighted by molar-refractivity contribution is 0.376. The van der Waals surface area contributed by atoms with Gasteiger partial charge in [-0.3, -0.25) is 0 Å². The number of aromatic nitrogens is 3. The molecule has 0 radical (unpaired) electrons. The van der Waals surface area contributed by atoms with Crippen LogP contribution in [0.25, 0.3) is 0 Å². The van der Waals surface area contributed by atoms with Crippen LogP contribution in [0.15, 0.2) is 30.6 Å². The molecule has 0 spiro atoms. The average Bonchev–Trinajstić information content (AvgIpc) is 2.87. The molecule has 5 heteroatoms. The largest absolute Gasteiger partial charge is 0.321 e. The average molecular weight is 276 g/mol. The Kier molecular flexibility index (Phi) is 4.18. The molecule has 108 valence electrons. The summed E-state index contributed by atoms with van der Waals surface area (Å²) in [6.45, 7) is 6.03. The van der Waals surface area contributed by atoms with Crippen LogP contribution in [-0.2, 0) is 12.0 Å². The summed E-state index contributed by atoms with van der Waals surface area (Å²) in [7, 11) is 0. The summed E-state index contributed by atoms with van der Waals surface area (Å²) in [6.07, 6.45) is 2.61. The summed E-state index contributed by atoms with van der Waals surface area (Å²) in [5.41, 5.74) is 6.21. The maximum atomic E-state index is 14.0. The maximum absolute atomic E-state index is 14.0. The predicted molar refractivity (Wildman–Crippen MR) is 76.7 cm³/mol. The number of nitrogens with two attached hydrogens (primary N) is 1. The van der Waals surface area contributed by atoms with Gasteiger partial charge in [0, 0.05) is 18.0 Å². The second-order valence-corrected chi connectivity index (χ2v) is 5.38. The van der Waals surface area contributed by atoms with Crippen molar-refractivity contribution in [3.8, 4) is 0 Å². The van der Waals surface area contributed by atoms with E-state index in [-0.39, 0.29) is 11.9 Å². The predicted octanol–water partition coefficient (Wildman–Crippen LogP) is 2.80. The fourth-order valence-corrected chi connectivity index (χ4v) is 2.39. The standard InChI is InChI=1S/C15H21FN4/c1-4-15(17,12-7-5-6-8-13(12)16)9-14-18-10-19-20(14)11(2)3/h5-8,10-11H,4,9,17H2,1-3H3. The number of benzene rings is 1. The Balaban J connectivity index is 2.37. The summed E-state index contributed by atoms with van der Waals surface area (Å²) in [5, 5.41) is 4.21. The van der Waals surface area contributed by atoms with Gasteiger partial charge in [-0.05, 0) is 26.3 Å². The van der Waals surface area contributed by atoms with Crippen LogP contribution in [0.4, 0.5) is 4.39 Å². The van der Waals surface area contributed by atoms with Crippen molar-refractivity contribution in [2.24, 2.45) is 5.73 Å². The van der Waals surface area contributed by atoms with Gasteiger partial charge >= 0.3 is 0 Å². The molecule has 0 fully saturated rings. The van der Waals surface area contributed by atoms with Crippen molar-refractivity contribution in [2.75, 3.05) is 0 Å². The van der Waals surface area contributed by atoms with Crippen LogP contribution in [0, 0.1) is 5.82 Å². The van der Waals surface area contributed by atoms with Crippen LogP contribution in [-0.4, -0.2) is 14.8 Å². The van der Waals surface area contributed by atoms with Gasteiger partial charge in [-0.1, -0.05) is 25.1 Å². The van der Waals surface area contributed by atoms with Gasteiger partial charge in [0.05, 0.1) is 5.54 Å². The molecule has 0 aliphatic rings. The van der Waals surface area contributed by atoms with Crippen molar-refractivity contribution >= 4 is 0 Å². The third kappa shape index (κ3) is 2.72. The lowest BCUT2D eigenvalue weighted by Crippen LogP contribution is -2.40. The van der Waals surface area contributed by atoms with E-state index in [2.05, 4.69) is 10.1 Å². The third-order valence-electron chi connectivity index (χ3n) is 3.65. The first kappa shape index (κ1) is 14.7. The van der Waals surface area contributed by atoms with Gasteiger partial charge in [0.15, 0.2) is 0 Å². The van der Waals surface area contributed by atoms with Crippen molar-refractivity contribution in [2.45, 2.75) is 45.2 Å². The molecule has 2 aromatic rings. The van der Waals surface area contributed by atoms with E-state index in [0.717, 1.165) is 5.82 Å². The molecule has 2 rings (SSSR count). The Hall–Kier alpha value is -1.75. The molecular formula is C15H21FN4. The van der Waals surface area contributed by atoms with Crippen LogP contribution in [0.2, 0.25) is 0 Å². The minimum atomic E-state index is -0.773. The number of halogens is 1. The normalized spacial score (nSPS) is 14.5. The molecule has 4 nitrogen and oxygen atoms in total. The highest BCUT2D eigenvalue weighted by molar-refractivity contribution is 5.27. The molecule has 0 aliphatic heterocycles. The van der Waals surface area contributed by atoms with Gasteiger partial charge in [-0.2, -0.15) is 5.10 Å². The summed E-state index contributed by atoms with van der Waals surface area (Å²) < 4.78 is 15.9. The minimum Gasteiger partial charge on any atom is -0.321 e. The van der Waals surface area contributed by atoms with Crippen molar-refractivity contribution in [3.63, 3.8) is 0 Å². The van der Waals surface area contributed by atoms with Crippen molar-refractivity contribution in [3.05, 3.63) is 47.8 Å². The smallest absolute Gasteiger partial charge is 0.138 e. The molecule has 0 aliphatic carbocycles. The molecule has 20 heavy (non-hydrogen) atoms. The first-order valence-corrected chi connectivity index (χ1v) is 6.90. The molecule has 1 aromatic heterocycles. The first-order valence-electron chi connectivity index (χ1n) is 6.90. The molecule has 1 aromatic carbocycles. The monoisotopic (exact) mass is 276 g/mol. The van der Waals surface area contributed by atoms with E-state index in [9.17, 15) is 4.39 Å². The fourth-order valence-electron chi connectivity index (χ4n) is 2.39. The number of rotatable bonds is 5. The molecule has 1 heterocycles. The molecule has 0 amide bonds. The van der Waals surface area contributed by atoms with E-state index < -0.39 is 5.54 Å². The Bertz CT molecular complexity index is 579. The highest BCUT2D eigenvalue weighted by Crippen LogP contribution is 2.28. The molecule has 0 bridgehead atoms. The van der Waals surface area contributed by atoms with Crippen LogP contribution in [0.3, 0.4) is 0 Å². The molecule has 1 atom stereocenters. The van der Waals surface area contributed by atoms with E-state index in [1.54, 1.807) is 12.1 Å². The van der Waals surface area contributed by atoms with Crippen LogP contribution in [0.5, 0.6) is 0 Å². The number of hydrogen-bond donors (Lipinski definition) is 1. The fraction of sp³-hybridized carbons (Fsp3) is 0.467. The lowest BCUT2D eigenvalue weighted by atomic mass is 9.84. The van der Waals surface area contributed by atoms with Gasteiger partial charge in [0.2, 0.25) is 0 Å². The molecule has 1 unspecified atom stereocenters. The number of hydrogen-bond acceptors (Lipinski definition) is 3. The minimum absolute atomic E-state index is 0.203. The maximum Gasteiger partial charge on any atom is 0.138 e. The summed E-state index contributed by atoms with van der Waals surface area (Å²) >= 11 is 0. The summed E-state index contributed by atoms with van der Waals surface area (Å²) in [5.74, 6) is 0.514. The Morgan fingerprint density at radius 3 is 2.65 bits per heavy atom. The Morgan fingerprint density at radius 2 is 2.05 bits per heavy atom. The van der Waals surface area contributed by atoms with Gasteiger partial charge < -0.3 is 5.73 Å². The summed E-state index contributed by atoms with van der Waals surface area (Å²) in [6, 6.07) is 6.87. The summed E-state index contributed by atoms with van der Waals surface area (Å²) in [4.78, 5) is 4.27. The van der Waals surface area contributed by atoms with Gasteiger partial charge in [0.25, 0.3) is 0 Å². The SMILES string of the molecule is CCC(N)(Cc1ncnn1C(C)C)c1ccccc1F. The van der Waals surface area contributed by atoms with Crippen LogP contribution in [0.1, 0.15) is 44.6 Å². The van der Waals surface area contributed by atoms with Crippen molar-refractivity contribution in [1.29, 1.82) is 0 Å². The zero-order valence-corrected chi connectivity index (χ0v) is 12.2. The van der Waals surface area contributed by atoms with Crippen LogP contribution >= 0.6 is 0 Å². The molecule has 0 saturated heterocycles. The van der Waals surface area contributed by atoms with Crippen LogP contribution < -0.4 is 5.73 Å². The molecular weight excluding hydrogens is 255 g/mol. The quantitative estimate of drug-likeness (QED) is 0.913. The van der Waals surface area contributed by atoms with Crippen molar-refractivity contribution in [1.82, 2.24) is 14.8 Å². The Morgan fingerprint density at radius 1 is 1.35 bits per heavy atom. The van der Waals surface area contributed by atoms with E-state index in [0.29, 0.717) is 18.4 Å².